The SMILES string of the molecule is CC(NC(=O)C(CCCCN)NC(=O)C(N)Cc1ccc(O)cc1)C(=O)NC(CCC(N)=O)C(=O)O. The van der Waals surface area contributed by atoms with Gasteiger partial charge in [0.1, 0.15) is 23.9 Å². The Labute approximate surface area is 209 Å². The molecule has 0 saturated heterocycles. The fraction of sp³-hybridized carbons (Fsp3) is 0.522. The van der Waals surface area contributed by atoms with Crippen molar-refractivity contribution in [3.05, 3.63) is 29.8 Å². The Bertz CT molecular complexity index is 909. The van der Waals surface area contributed by atoms with Crippen LogP contribution in [0.1, 0.15) is 44.6 Å². The van der Waals surface area contributed by atoms with Gasteiger partial charge in [-0.3, -0.25) is 19.2 Å². The van der Waals surface area contributed by atoms with Crippen molar-refractivity contribution in [1.82, 2.24) is 16.0 Å². The molecule has 200 valence electrons. The van der Waals surface area contributed by atoms with Crippen molar-refractivity contribution in [2.75, 3.05) is 6.54 Å². The molecule has 4 amide bonds. The third-order valence-electron chi connectivity index (χ3n) is 5.35. The van der Waals surface area contributed by atoms with Gasteiger partial charge in [-0.05, 0) is 63.3 Å². The van der Waals surface area contributed by atoms with E-state index in [-0.39, 0.29) is 31.4 Å². The Hall–Kier alpha value is -3.71. The first-order valence-electron chi connectivity index (χ1n) is 11.6. The van der Waals surface area contributed by atoms with Crippen molar-refractivity contribution in [2.24, 2.45) is 17.2 Å². The molecule has 13 nitrogen and oxygen atoms in total. The Balaban J connectivity index is 2.78. The number of unbranched alkanes of at least 4 members (excludes halogenated alkanes) is 1. The zero-order valence-electron chi connectivity index (χ0n) is 20.2. The molecule has 4 atom stereocenters. The van der Waals surface area contributed by atoms with E-state index in [0.29, 0.717) is 24.9 Å². The van der Waals surface area contributed by atoms with E-state index in [1.54, 1.807) is 12.1 Å². The van der Waals surface area contributed by atoms with E-state index >= 15 is 0 Å². The molecule has 0 aliphatic carbocycles. The summed E-state index contributed by atoms with van der Waals surface area (Å²) >= 11 is 0. The normalized spacial score (nSPS) is 14.1. The number of carboxylic acid groups (broad SMARTS) is 1. The summed E-state index contributed by atoms with van der Waals surface area (Å²) in [5.41, 5.74) is 17.3. The Morgan fingerprint density at radius 1 is 0.889 bits per heavy atom. The van der Waals surface area contributed by atoms with E-state index in [4.69, 9.17) is 17.2 Å². The van der Waals surface area contributed by atoms with Crippen LogP contribution in [0.4, 0.5) is 0 Å². The number of rotatable bonds is 16. The molecular formula is C23H36N6O7. The van der Waals surface area contributed by atoms with Crippen molar-refractivity contribution in [2.45, 2.75) is 69.6 Å². The summed E-state index contributed by atoms with van der Waals surface area (Å²) in [5, 5.41) is 25.9. The number of carbonyl (C=O) groups excluding carboxylic acids is 4. The number of primary amides is 1. The predicted molar refractivity (Wildman–Crippen MR) is 130 cm³/mol. The number of benzene rings is 1. The van der Waals surface area contributed by atoms with E-state index in [0.717, 1.165) is 0 Å². The van der Waals surface area contributed by atoms with Crippen molar-refractivity contribution < 1.29 is 34.2 Å². The number of aliphatic carboxylic acids is 1. The lowest BCUT2D eigenvalue weighted by Gasteiger charge is -2.23. The molecule has 0 aromatic heterocycles. The van der Waals surface area contributed by atoms with Crippen LogP contribution in [-0.4, -0.2) is 70.5 Å². The van der Waals surface area contributed by atoms with E-state index in [1.807, 2.05) is 0 Å². The summed E-state index contributed by atoms with van der Waals surface area (Å²) < 4.78 is 0. The molecule has 0 bridgehead atoms. The molecular weight excluding hydrogens is 472 g/mol. The maximum absolute atomic E-state index is 12.9. The molecule has 11 N–H and O–H groups in total. The van der Waals surface area contributed by atoms with Gasteiger partial charge in [0.15, 0.2) is 0 Å². The first-order valence-corrected chi connectivity index (χ1v) is 11.6. The fourth-order valence-electron chi connectivity index (χ4n) is 3.24. The van der Waals surface area contributed by atoms with Crippen LogP contribution in [0.2, 0.25) is 0 Å². The first-order chi connectivity index (χ1) is 16.9. The lowest BCUT2D eigenvalue weighted by atomic mass is 10.0. The van der Waals surface area contributed by atoms with E-state index in [2.05, 4.69) is 16.0 Å². The lowest BCUT2D eigenvalue weighted by molar-refractivity contribution is -0.142. The number of hydrogen-bond acceptors (Lipinski definition) is 8. The topological polar surface area (TPSA) is 240 Å². The fourth-order valence-corrected chi connectivity index (χ4v) is 3.24. The van der Waals surface area contributed by atoms with Crippen LogP contribution < -0.4 is 33.2 Å². The number of phenolic OH excluding ortho intramolecular Hbond substituents is 1. The predicted octanol–water partition coefficient (Wildman–Crippen LogP) is -1.78. The minimum Gasteiger partial charge on any atom is -0.508 e. The maximum Gasteiger partial charge on any atom is 0.326 e. The van der Waals surface area contributed by atoms with Gasteiger partial charge in [-0.25, -0.2) is 4.79 Å². The molecule has 0 aliphatic heterocycles. The van der Waals surface area contributed by atoms with Crippen LogP contribution in [-0.2, 0) is 30.4 Å². The molecule has 0 heterocycles. The van der Waals surface area contributed by atoms with Crippen molar-refractivity contribution in [1.29, 1.82) is 0 Å². The van der Waals surface area contributed by atoms with E-state index < -0.39 is 53.8 Å². The quantitative estimate of drug-likeness (QED) is 0.117. The minimum absolute atomic E-state index is 0.0779. The molecule has 13 heteroatoms. The third kappa shape index (κ3) is 11.1. The van der Waals surface area contributed by atoms with Gasteiger partial charge in [0.2, 0.25) is 23.6 Å². The number of carbonyl (C=O) groups is 5. The van der Waals surface area contributed by atoms with Gasteiger partial charge < -0.3 is 43.4 Å². The average Bonchev–Trinajstić information content (AvgIpc) is 2.81. The highest BCUT2D eigenvalue weighted by atomic mass is 16.4. The molecule has 36 heavy (non-hydrogen) atoms. The third-order valence-corrected chi connectivity index (χ3v) is 5.35. The van der Waals surface area contributed by atoms with Gasteiger partial charge in [0.25, 0.3) is 0 Å². The second-order valence-corrected chi connectivity index (χ2v) is 8.46. The second-order valence-electron chi connectivity index (χ2n) is 8.46. The largest absolute Gasteiger partial charge is 0.508 e. The summed E-state index contributed by atoms with van der Waals surface area (Å²) in [5.74, 6) is -3.99. The molecule has 0 aliphatic rings. The van der Waals surface area contributed by atoms with Gasteiger partial charge >= 0.3 is 5.97 Å². The summed E-state index contributed by atoms with van der Waals surface area (Å²) in [7, 11) is 0. The number of phenols is 1. The van der Waals surface area contributed by atoms with Crippen LogP contribution in [0.25, 0.3) is 0 Å². The molecule has 1 rings (SSSR count). The molecule has 0 radical (unpaired) electrons. The lowest BCUT2D eigenvalue weighted by Crippen LogP contribution is -2.56. The first kappa shape index (κ1) is 30.3. The summed E-state index contributed by atoms with van der Waals surface area (Å²) in [6.45, 7) is 1.75. The Morgan fingerprint density at radius 3 is 2.06 bits per heavy atom. The summed E-state index contributed by atoms with van der Waals surface area (Å²) in [6.07, 6.45) is 1.10. The van der Waals surface area contributed by atoms with Crippen LogP contribution >= 0.6 is 0 Å². The molecule has 4 unspecified atom stereocenters. The van der Waals surface area contributed by atoms with Crippen LogP contribution in [0.3, 0.4) is 0 Å². The van der Waals surface area contributed by atoms with Gasteiger partial charge in [-0.2, -0.15) is 0 Å². The Morgan fingerprint density at radius 2 is 1.50 bits per heavy atom. The summed E-state index contributed by atoms with van der Waals surface area (Å²) in [4.78, 5) is 60.2. The smallest absolute Gasteiger partial charge is 0.326 e. The van der Waals surface area contributed by atoms with Crippen LogP contribution in [0, 0.1) is 0 Å². The van der Waals surface area contributed by atoms with Crippen molar-refractivity contribution in [3.63, 3.8) is 0 Å². The van der Waals surface area contributed by atoms with Gasteiger partial charge in [-0.1, -0.05) is 12.1 Å². The van der Waals surface area contributed by atoms with Crippen LogP contribution in [0.5, 0.6) is 5.75 Å². The molecule has 0 saturated carbocycles. The molecule has 0 fully saturated rings. The highest BCUT2D eigenvalue weighted by Gasteiger charge is 2.28. The number of carboxylic acids is 1. The highest BCUT2D eigenvalue weighted by molar-refractivity contribution is 5.94. The number of amides is 4. The second kappa shape index (κ2) is 15.3. The number of aromatic hydroxyl groups is 1. The molecule has 1 aromatic rings. The van der Waals surface area contributed by atoms with Crippen molar-refractivity contribution in [3.8, 4) is 5.75 Å². The number of hydrogen-bond donors (Lipinski definition) is 8. The summed E-state index contributed by atoms with van der Waals surface area (Å²) in [6, 6.07) is 1.73. The van der Waals surface area contributed by atoms with Crippen molar-refractivity contribution >= 4 is 29.6 Å². The standard InChI is InChI=1S/C23H36N6O7/c1-13(20(32)29-18(23(35)36)9-10-19(26)31)27-22(34)17(4-2-3-11-24)28-21(33)16(25)12-14-5-7-15(30)8-6-14/h5-8,13,16-18,30H,2-4,9-12,24-25H2,1H3,(H2,26,31)(H,27,34)(H,28,33)(H,29,32)(H,35,36). The van der Waals surface area contributed by atoms with E-state index in [1.165, 1.54) is 19.1 Å². The highest BCUT2D eigenvalue weighted by Crippen LogP contribution is 2.11. The number of nitrogens with two attached hydrogens (primary N) is 3. The average molecular weight is 509 g/mol. The van der Waals surface area contributed by atoms with Gasteiger partial charge in [0, 0.05) is 6.42 Å². The maximum atomic E-state index is 12.9. The van der Waals surface area contributed by atoms with Crippen LogP contribution in [0.15, 0.2) is 24.3 Å². The number of nitrogens with one attached hydrogen (secondary N) is 3. The van der Waals surface area contributed by atoms with Gasteiger partial charge in [-0.15, -0.1) is 0 Å². The Kier molecular flexibility index (Phi) is 12.9. The zero-order chi connectivity index (χ0) is 27.3. The minimum atomic E-state index is -1.36. The monoisotopic (exact) mass is 508 g/mol. The van der Waals surface area contributed by atoms with E-state index in [9.17, 15) is 34.2 Å². The molecule has 1 aromatic carbocycles. The zero-order valence-corrected chi connectivity index (χ0v) is 20.2. The molecule has 0 spiro atoms. The van der Waals surface area contributed by atoms with Gasteiger partial charge in [0.05, 0.1) is 6.04 Å².